The Morgan fingerprint density at radius 3 is 2.78 bits per heavy atom. The number of ether oxygens (including phenoxy) is 1. The second-order valence-electron chi connectivity index (χ2n) is 6.94. The van der Waals surface area contributed by atoms with Crippen molar-refractivity contribution in [2.24, 2.45) is 0 Å². The minimum absolute atomic E-state index is 0.0894. The Bertz CT molecular complexity index is 719. The summed E-state index contributed by atoms with van der Waals surface area (Å²) in [5, 5.41) is 5.60. The van der Waals surface area contributed by atoms with Crippen LogP contribution in [0.25, 0.3) is 0 Å². The molecule has 1 aromatic carbocycles. The monoisotopic (exact) mass is 437 g/mol. The SMILES string of the molecule is O=C(CCN1C(=O)NC2(CCCCC2)C1=O)NCCOc1cccc(Br)c1. The van der Waals surface area contributed by atoms with E-state index in [2.05, 4.69) is 26.6 Å². The van der Waals surface area contributed by atoms with Gasteiger partial charge in [0.05, 0.1) is 6.54 Å². The molecule has 8 heteroatoms. The van der Waals surface area contributed by atoms with Crippen LogP contribution >= 0.6 is 15.9 Å². The van der Waals surface area contributed by atoms with Crippen molar-refractivity contribution in [2.75, 3.05) is 19.7 Å². The number of rotatable bonds is 7. The maximum atomic E-state index is 12.6. The average molecular weight is 438 g/mol. The summed E-state index contributed by atoms with van der Waals surface area (Å²) >= 11 is 3.37. The van der Waals surface area contributed by atoms with Crippen molar-refractivity contribution in [3.05, 3.63) is 28.7 Å². The van der Waals surface area contributed by atoms with Crippen molar-refractivity contribution < 1.29 is 19.1 Å². The summed E-state index contributed by atoms with van der Waals surface area (Å²) in [5.41, 5.74) is -0.733. The van der Waals surface area contributed by atoms with Gasteiger partial charge in [0, 0.05) is 17.4 Å². The van der Waals surface area contributed by atoms with Crippen molar-refractivity contribution in [3.8, 4) is 5.75 Å². The van der Waals surface area contributed by atoms with Crippen molar-refractivity contribution in [1.82, 2.24) is 15.5 Å². The van der Waals surface area contributed by atoms with Crippen LogP contribution < -0.4 is 15.4 Å². The smallest absolute Gasteiger partial charge is 0.325 e. The predicted octanol–water partition coefficient (Wildman–Crippen LogP) is 2.59. The van der Waals surface area contributed by atoms with Crippen LogP contribution in [0.2, 0.25) is 0 Å². The summed E-state index contributed by atoms with van der Waals surface area (Å²) in [6, 6.07) is 7.08. The minimum Gasteiger partial charge on any atom is -0.492 e. The first kappa shape index (κ1) is 19.7. The van der Waals surface area contributed by atoms with Gasteiger partial charge in [0.25, 0.3) is 5.91 Å². The van der Waals surface area contributed by atoms with Crippen LogP contribution in [-0.4, -0.2) is 48.0 Å². The van der Waals surface area contributed by atoms with E-state index in [0.717, 1.165) is 29.5 Å². The van der Waals surface area contributed by atoms with Gasteiger partial charge in [-0.05, 0) is 31.0 Å². The van der Waals surface area contributed by atoms with Gasteiger partial charge in [0.1, 0.15) is 17.9 Å². The molecule has 1 saturated carbocycles. The van der Waals surface area contributed by atoms with E-state index in [1.165, 1.54) is 4.90 Å². The number of urea groups is 1. The zero-order valence-corrected chi connectivity index (χ0v) is 16.7. The van der Waals surface area contributed by atoms with E-state index < -0.39 is 5.54 Å². The molecule has 0 atom stereocenters. The van der Waals surface area contributed by atoms with Crippen molar-refractivity contribution in [3.63, 3.8) is 0 Å². The predicted molar refractivity (Wildman–Crippen MR) is 103 cm³/mol. The van der Waals surface area contributed by atoms with Crippen molar-refractivity contribution in [1.29, 1.82) is 0 Å². The van der Waals surface area contributed by atoms with Gasteiger partial charge in [-0.15, -0.1) is 0 Å². The van der Waals surface area contributed by atoms with E-state index in [4.69, 9.17) is 4.74 Å². The van der Waals surface area contributed by atoms with Crippen molar-refractivity contribution >= 4 is 33.8 Å². The number of halogens is 1. The zero-order chi connectivity index (χ0) is 19.3. The Balaban J connectivity index is 1.38. The molecule has 2 fully saturated rings. The quantitative estimate of drug-likeness (QED) is 0.506. The largest absolute Gasteiger partial charge is 0.492 e. The summed E-state index contributed by atoms with van der Waals surface area (Å²) in [7, 11) is 0. The van der Waals surface area contributed by atoms with Gasteiger partial charge in [-0.25, -0.2) is 4.79 Å². The molecule has 1 aliphatic heterocycles. The number of hydrogen-bond acceptors (Lipinski definition) is 4. The molecule has 1 aliphatic carbocycles. The zero-order valence-electron chi connectivity index (χ0n) is 15.1. The van der Waals surface area contributed by atoms with Gasteiger partial charge in [-0.3, -0.25) is 14.5 Å². The van der Waals surface area contributed by atoms with Gasteiger partial charge >= 0.3 is 6.03 Å². The molecule has 27 heavy (non-hydrogen) atoms. The van der Waals surface area contributed by atoms with Gasteiger partial charge < -0.3 is 15.4 Å². The molecule has 2 aliphatic rings. The Kier molecular flexibility index (Phi) is 6.36. The molecule has 2 N–H and O–H groups in total. The Hall–Kier alpha value is -2.09. The number of benzene rings is 1. The number of nitrogens with zero attached hydrogens (tertiary/aromatic N) is 1. The summed E-state index contributed by atoms with van der Waals surface area (Å²) < 4.78 is 6.48. The Morgan fingerprint density at radius 1 is 1.26 bits per heavy atom. The molecule has 1 spiro atoms. The van der Waals surface area contributed by atoms with Crippen LogP contribution in [0.5, 0.6) is 5.75 Å². The fourth-order valence-electron chi connectivity index (χ4n) is 3.59. The molecule has 0 aromatic heterocycles. The van der Waals surface area contributed by atoms with Crippen LogP contribution in [0.15, 0.2) is 28.7 Å². The molecule has 146 valence electrons. The van der Waals surface area contributed by atoms with Crippen LogP contribution in [0.1, 0.15) is 38.5 Å². The first-order valence-electron chi connectivity index (χ1n) is 9.29. The molecule has 7 nitrogen and oxygen atoms in total. The number of hydrogen-bond donors (Lipinski definition) is 2. The summed E-state index contributed by atoms with van der Waals surface area (Å²) in [6.45, 7) is 0.800. The number of carbonyl (C=O) groups is 3. The van der Waals surface area contributed by atoms with E-state index in [9.17, 15) is 14.4 Å². The van der Waals surface area contributed by atoms with Gasteiger partial charge in [0.2, 0.25) is 5.91 Å². The molecule has 1 saturated heterocycles. The highest BCUT2D eigenvalue weighted by atomic mass is 79.9. The third kappa shape index (κ3) is 4.80. The van der Waals surface area contributed by atoms with Crippen LogP contribution in [0, 0.1) is 0 Å². The van der Waals surface area contributed by atoms with E-state index in [0.29, 0.717) is 26.0 Å². The van der Waals surface area contributed by atoms with Gasteiger partial charge in [-0.2, -0.15) is 0 Å². The summed E-state index contributed by atoms with van der Waals surface area (Å²) in [4.78, 5) is 38.0. The number of carbonyl (C=O) groups excluding carboxylic acids is 3. The normalized spacial score (nSPS) is 18.5. The first-order valence-corrected chi connectivity index (χ1v) is 10.1. The Morgan fingerprint density at radius 2 is 2.04 bits per heavy atom. The van der Waals surface area contributed by atoms with Crippen LogP contribution in [0.3, 0.4) is 0 Å². The Labute approximate surface area is 166 Å². The highest BCUT2D eigenvalue weighted by Gasteiger charge is 2.50. The second kappa shape index (κ2) is 8.73. The first-order chi connectivity index (χ1) is 13.0. The number of imide groups is 1. The lowest BCUT2D eigenvalue weighted by Gasteiger charge is -2.30. The molecular formula is C19H24BrN3O4. The molecule has 3 rings (SSSR count). The second-order valence-corrected chi connectivity index (χ2v) is 7.85. The van der Waals surface area contributed by atoms with E-state index >= 15 is 0 Å². The summed E-state index contributed by atoms with van der Waals surface area (Å²) in [5.74, 6) is 0.326. The lowest BCUT2D eigenvalue weighted by atomic mass is 9.82. The molecule has 0 unspecified atom stereocenters. The van der Waals surface area contributed by atoms with Crippen LogP contribution in [-0.2, 0) is 9.59 Å². The molecular weight excluding hydrogens is 414 g/mol. The highest BCUT2D eigenvalue weighted by molar-refractivity contribution is 9.10. The number of amides is 4. The lowest BCUT2D eigenvalue weighted by Crippen LogP contribution is -2.48. The molecule has 0 radical (unpaired) electrons. The van der Waals surface area contributed by atoms with E-state index in [1.807, 2.05) is 24.3 Å². The average Bonchev–Trinajstić information content (AvgIpc) is 2.87. The highest BCUT2D eigenvalue weighted by Crippen LogP contribution is 2.33. The van der Waals surface area contributed by atoms with E-state index in [-0.39, 0.29) is 30.8 Å². The third-order valence-electron chi connectivity index (χ3n) is 5.00. The van der Waals surface area contributed by atoms with E-state index in [1.54, 1.807) is 0 Å². The van der Waals surface area contributed by atoms with Crippen molar-refractivity contribution in [2.45, 2.75) is 44.1 Å². The topological polar surface area (TPSA) is 87.7 Å². The molecule has 0 bridgehead atoms. The maximum absolute atomic E-state index is 12.6. The van der Waals surface area contributed by atoms with Gasteiger partial charge in [0.15, 0.2) is 0 Å². The minimum atomic E-state index is -0.733. The lowest BCUT2D eigenvalue weighted by molar-refractivity contribution is -0.132. The molecule has 4 amide bonds. The molecule has 1 heterocycles. The van der Waals surface area contributed by atoms with Crippen LogP contribution in [0.4, 0.5) is 4.79 Å². The van der Waals surface area contributed by atoms with Gasteiger partial charge in [-0.1, -0.05) is 41.3 Å². The fourth-order valence-corrected chi connectivity index (χ4v) is 3.97. The fraction of sp³-hybridized carbons (Fsp3) is 0.526. The standard InChI is InChI=1S/C19H24BrN3O4/c20-14-5-4-6-15(13-14)27-12-10-21-16(24)7-11-23-17(25)19(22-18(23)26)8-2-1-3-9-19/h4-6,13H,1-3,7-12H2,(H,21,24)(H,22,26). The maximum Gasteiger partial charge on any atom is 0.325 e. The number of nitrogens with one attached hydrogen (secondary N) is 2. The third-order valence-corrected chi connectivity index (χ3v) is 5.50. The summed E-state index contributed by atoms with van der Waals surface area (Å²) in [6.07, 6.45) is 4.44. The molecule has 1 aromatic rings.